The van der Waals surface area contributed by atoms with Crippen LogP contribution in [0.2, 0.25) is 5.02 Å². The van der Waals surface area contributed by atoms with Crippen molar-refractivity contribution in [3.8, 4) is 11.5 Å². The smallest absolute Gasteiger partial charge is 0.295 e. The molecule has 2 N–H and O–H groups in total. The van der Waals surface area contributed by atoms with E-state index in [2.05, 4.69) is 15.0 Å². The van der Waals surface area contributed by atoms with Gasteiger partial charge >= 0.3 is 0 Å². The van der Waals surface area contributed by atoms with E-state index in [1.54, 1.807) is 36.4 Å². The van der Waals surface area contributed by atoms with E-state index in [1.807, 2.05) is 0 Å². The average molecular weight is 496 g/mol. The van der Waals surface area contributed by atoms with Crippen LogP contribution in [-0.2, 0) is 10.0 Å². The Morgan fingerprint density at radius 1 is 0.971 bits per heavy atom. The van der Waals surface area contributed by atoms with E-state index in [-0.39, 0.29) is 27.6 Å². The minimum absolute atomic E-state index is 0.00640. The maximum Gasteiger partial charge on any atom is 0.295 e. The highest BCUT2D eigenvalue weighted by Crippen LogP contribution is 2.40. The number of sulfonamides is 1. The van der Waals surface area contributed by atoms with E-state index in [4.69, 9.17) is 16.3 Å². The van der Waals surface area contributed by atoms with Gasteiger partial charge < -0.3 is 9.84 Å². The molecule has 0 aliphatic carbocycles. The van der Waals surface area contributed by atoms with Crippen LogP contribution < -0.4 is 9.46 Å². The third kappa shape index (κ3) is 4.85. The van der Waals surface area contributed by atoms with Gasteiger partial charge in [-0.05, 0) is 54.6 Å². The van der Waals surface area contributed by atoms with Gasteiger partial charge in [0.05, 0.1) is 17.7 Å². The minimum atomic E-state index is -3.97. The number of ether oxygens (including phenoxy) is 1. The molecule has 4 aromatic carbocycles. The number of nitrogens with one attached hydrogen (secondary N) is 1. The quantitative estimate of drug-likeness (QED) is 0.254. The monoisotopic (exact) mass is 495 g/mol. The first-order valence-electron chi connectivity index (χ1n) is 9.92. The number of fused-ring (bicyclic) bond motifs is 1. The summed E-state index contributed by atoms with van der Waals surface area (Å²) in [5.41, 5.74) is 0.358. The molecule has 0 spiro atoms. The fourth-order valence-electron chi connectivity index (χ4n) is 3.21. The largest absolute Gasteiger partial charge is 0.505 e. The molecule has 10 heteroatoms. The van der Waals surface area contributed by atoms with Crippen LogP contribution in [0.4, 0.5) is 11.4 Å². The normalized spacial score (nSPS) is 11.6. The molecule has 0 saturated heterocycles. The summed E-state index contributed by atoms with van der Waals surface area (Å²) in [6.07, 6.45) is 0. The summed E-state index contributed by atoms with van der Waals surface area (Å²) in [6.45, 7) is 0. The highest BCUT2D eigenvalue weighted by molar-refractivity contribution is 7.92. The van der Waals surface area contributed by atoms with Gasteiger partial charge in [-0.3, -0.25) is 9.52 Å². The van der Waals surface area contributed by atoms with Gasteiger partial charge in [-0.1, -0.05) is 35.9 Å². The van der Waals surface area contributed by atoms with Crippen molar-refractivity contribution in [2.75, 3.05) is 11.8 Å². The molecule has 1 amide bonds. The number of phenolic OH excluding ortho intramolecular Hbond substituents is 1. The lowest BCUT2D eigenvalue weighted by molar-refractivity contribution is 0.0995. The Bertz CT molecular complexity index is 1500. The summed E-state index contributed by atoms with van der Waals surface area (Å²) in [6, 6.07) is 19.9. The zero-order valence-corrected chi connectivity index (χ0v) is 19.3. The van der Waals surface area contributed by atoms with Gasteiger partial charge in [-0.15, -0.1) is 10.2 Å². The number of phenols is 1. The molecular formula is C24H18ClN3O5S. The summed E-state index contributed by atoms with van der Waals surface area (Å²) in [5.74, 6) is -0.298. The molecule has 0 aliphatic rings. The fourth-order valence-corrected chi connectivity index (χ4v) is 4.41. The Balaban J connectivity index is 1.72. The van der Waals surface area contributed by atoms with Gasteiger partial charge in [0.15, 0.2) is 5.75 Å². The molecule has 0 heterocycles. The van der Waals surface area contributed by atoms with Crippen molar-refractivity contribution in [3.63, 3.8) is 0 Å². The second-order valence-electron chi connectivity index (χ2n) is 7.13. The molecule has 0 fully saturated rings. The maximum atomic E-state index is 12.9. The number of methoxy groups -OCH3 is 1. The van der Waals surface area contributed by atoms with E-state index in [0.717, 1.165) is 0 Å². The topological polar surface area (TPSA) is 117 Å². The van der Waals surface area contributed by atoms with Gasteiger partial charge in [-0.25, -0.2) is 8.42 Å². The van der Waals surface area contributed by atoms with Gasteiger partial charge in [0.25, 0.3) is 15.9 Å². The number of hydrogen-bond donors (Lipinski definition) is 2. The Morgan fingerprint density at radius 3 is 2.26 bits per heavy atom. The van der Waals surface area contributed by atoms with Crippen molar-refractivity contribution in [2.24, 2.45) is 10.2 Å². The van der Waals surface area contributed by atoms with E-state index in [1.165, 1.54) is 49.6 Å². The van der Waals surface area contributed by atoms with Gasteiger partial charge in [-0.2, -0.15) is 0 Å². The number of carbonyl (C=O) groups is 1. The second kappa shape index (κ2) is 9.50. The van der Waals surface area contributed by atoms with Gasteiger partial charge in [0.2, 0.25) is 0 Å². The molecule has 0 saturated carbocycles. The van der Waals surface area contributed by atoms with Crippen molar-refractivity contribution in [1.29, 1.82) is 0 Å². The summed E-state index contributed by atoms with van der Waals surface area (Å²) < 4.78 is 33.4. The van der Waals surface area contributed by atoms with Gasteiger partial charge in [0.1, 0.15) is 11.4 Å². The van der Waals surface area contributed by atoms with Crippen LogP contribution in [0.15, 0.2) is 94.0 Å². The molecule has 0 aliphatic heterocycles. The maximum absolute atomic E-state index is 12.9. The molecule has 0 bridgehead atoms. The van der Waals surface area contributed by atoms with Gasteiger partial charge in [0, 0.05) is 21.4 Å². The number of benzene rings is 4. The summed E-state index contributed by atoms with van der Waals surface area (Å²) in [7, 11) is -2.46. The van der Waals surface area contributed by atoms with Crippen LogP contribution >= 0.6 is 11.6 Å². The molecular weight excluding hydrogens is 478 g/mol. The molecule has 4 rings (SSSR count). The summed E-state index contributed by atoms with van der Waals surface area (Å²) >= 11 is 5.86. The number of aromatic hydroxyl groups is 1. The van der Waals surface area contributed by atoms with Crippen LogP contribution in [-0.4, -0.2) is 26.5 Å². The van der Waals surface area contributed by atoms with Crippen molar-refractivity contribution >= 4 is 49.7 Å². The predicted octanol–water partition coefficient (Wildman–Crippen LogP) is 5.93. The number of hydrogen-bond acceptors (Lipinski definition) is 6. The molecule has 0 aromatic heterocycles. The predicted molar refractivity (Wildman–Crippen MR) is 130 cm³/mol. The van der Waals surface area contributed by atoms with Crippen molar-refractivity contribution in [3.05, 3.63) is 89.4 Å². The average Bonchev–Trinajstić information content (AvgIpc) is 2.85. The van der Waals surface area contributed by atoms with E-state index < -0.39 is 15.9 Å². The number of rotatable bonds is 6. The van der Waals surface area contributed by atoms with Crippen molar-refractivity contribution in [1.82, 2.24) is 0 Å². The van der Waals surface area contributed by atoms with Crippen LogP contribution in [0.3, 0.4) is 0 Å². The molecule has 0 radical (unpaired) electrons. The first-order chi connectivity index (χ1) is 16.3. The van der Waals surface area contributed by atoms with E-state index in [9.17, 15) is 18.3 Å². The number of amides is 1. The van der Waals surface area contributed by atoms with Crippen LogP contribution in [0.5, 0.6) is 11.5 Å². The highest BCUT2D eigenvalue weighted by atomic mass is 35.5. The first-order valence-corrected chi connectivity index (χ1v) is 11.8. The number of halogens is 1. The molecule has 4 aromatic rings. The molecule has 34 heavy (non-hydrogen) atoms. The molecule has 8 nitrogen and oxygen atoms in total. The molecule has 172 valence electrons. The lowest BCUT2D eigenvalue weighted by atomic mass is 10.1. The molecule has 0 unspecified atom stereocenters. The standard InChI is InChI=1S/C24H18ClN3O5S/c1-33-17-10-6-15(7-11-17)24(30)27-26-22-14-21(19-4-2-3-5-20(19)23(22)29)28-34(31,32)18-12-8-16(25)9-13-18/h2-14,28-29H,1H3. The number of carbonyl (C=O) groups excluding carboxylic acids is 1. The zero-order valence-electron chi connectivity index (χ0n) is 17.8. The minimum Gasteiger partial charge on any atom is -0.505 e. The van der Waals surface area contributed by atoms with Crippen molar-refractivity contribution < 1.29 is 23.1 Å². The van der Waals surface area contributed by atoms with Crippen molar-refractivity contribution in [2.45, 2.75) is 4.90 Å². The van der Waals surface area contributed by atoms with E-state index in [0.29, 0.717) is 21.5 Å². The Labute approximate surface area is 200 Å². The first kappa shape index (κ1) is 23.2. The SMILES string of the molecule is COc1ccc(C(=O)N=Nc2cc(NS(=O)(=O)c3ccc(Cl)cc3)c3ccccc3c2O)cc1. The van der Waals surface area contributed by atoms with Crippen LogP contribution in [0, 0.1) is 0 Å². The Hall–Kier alpha value is -3.95. The lowest BCUT2D eigenvalue weighted by Gasteiger charge is -2.13. The third-order valence-electron chi connectivity index (χ3n) is 4.95. The Morgan fingerprint density at radius 2 is 1.62 bits per heavy atom. The summed E-state index contributed by atoms with van der Waals surface area (Å²) in [5, 5.41) is 19.5. The van der Waals surface area contributed by atoms with Crippen LogP contribution in [0.1, 0.15) is 10.4 Å². The lowest BCUT2D eigenvalue weighted by Crippen LogP contribution is -2.13. The van der Waals surface area contributed by atoms with E-state index >= 15 is 0 Å². The number of azo groups is 1. The second-order valence-corrected chi connectivity index (χ2v) is 9.25. The zero-order chi connectivity index (χ0) is 24.3. The molecule has 0 atom stereocenters. The third-order valence-corrected chi connectivity index (χ3v) is 6.58. The van der Waals surface area contributed by atoms with Crippen LogP contribution in [0.25, 0.3) is 10.8 Å². The number of anilines is 1. The fraction of sp³-hybridized carbons (Fsp3) is 0.0417. The Kier molecular flexibility index (Phi) is 6.49. The highest BCUT2D eigenvalue weighted by Gasteiger charge is 2.19. The summed E-state index contributed by atoms with van der Waals surface area (Å²) in [4.78, 5) is 12.4. The number of nitrogens with zero attached hydrogens (tertiary/aromatic N) is 2.